The maximum absolute atomic E-state index is 13.0. The Balaban J connectivity index is 1.96. The second-order valence-electron chi connectivity index (χ2n) is 4.66. The first-order valence-electron chi connectivity index (χ1n) is 6.66. The maximum atomic E-state index is 13.0. The van der Waals surface area contributed by atoms with Crippen LogP contribution in [0.2, 0.25) is 0 Å². The van der Waals surface area contributed by atoms with Gasteiger partial charge in [-0.2, -0.15) is 0 Å². The predicted octanol–water partition coefficient (Wildman–Crippen LogP) is 3.38. The first-order valence-corrected chi connectivity index (χ1v) is 6.66. The highest BCUT2D eigenvalue weighted by Crippen LogP contribution is 2.23. The number of pyridine rings is 1. The van der Waals surface area contributed by atoms with E-state index >= 15 is 0 Å². The van der Waals surface area contributed by atoms with Crippen molar-refractivity contribution in [3.05, 3.63) is 79.2 Å². The van der Waals surface area contributed by atoms with Gasteiger partial charge in [0.05, 0.1) is 0 Å². The van der Waals surface area contributed by atoms with Crippen molar-refractivity contribution >= 4 is 23.3 Å². The van der Waals surface area contributed by atoms with Gasteiger partial charge in [0, 0.05) is 11.6 Å². The average Bonchev–Trinajstić information content (AvgIpc) is 2.54. The molecular formula is C17H13BFNO. The Labute approximate surface area is 123 Å². The number of fused-ring (bicyclic) bond motifs is 1. The number of para-hydroxylation sites is 1. The summed E-state index contributed by atoms with van der Waals surface area (Å²) in [4.78, 5) is 4.36. The molecule has 0 unspecified atom stereocenters. The number of hydrogen-bond acceptors (Lipinski definition) is 2. The van der Waals surface area contributed by atoms with Crippen LogP contribution in [0.25, 0.3) is 10.9 Å². The van der Waals surface area contributed by atoms with Crippen LogP contribution in [0.1, 0.15) is 0 Å². The van der Waals surface area contributed by atoms with Gasteiger partial charge in [-0.3, -0.25) is 4.98 Å². The molecule has 0 amide bonds. The lowest BCUT2D eigenvalue weighted by atomic mass is 9.61. The van der Waals surface area contributed by atoms with Gasteiger partial charge in [0.15, 0.2) is 0 Å². The van der Waals surface area contributed by atoms with Gasteiger partial charge >= 0.3 is 6.92 Å². The zero-order valence-electron chi connectivity index (χ0n) is 11.4. The minimum Gasteiger partial charge on any atom is -0.550 e. The Morgan fingerprint density at radius 3 is 2.57 bits per heavy atom. The summed E-state index contributed by atoms with van der Waals surface area (Å²) in [6.07, 6.45) is 1.73. The lowest BCUT2D eigenvalue weighted by Crippen LogP contribution is -2.34. The number of hydrogen-bond donors (Lipinski definition) is 0. The van der Waals surface area contributed by atoms with Crippen molar-refractivity contribution in [3.63, 3.8) is 0 Å². The normalized spacial score (nSPS) is 10.3. The van der Waals surface area contributed by atoms with E-state index in [0.717, 1.165) is 16.4 Å². The largest absolute Gasteiger partial charge is 0.550 e. The van der Waals surface area contributed by atoms with Crippen LogP contribution in [-0.2, 0) is 0 Å². The Hall–Kier alpha value is -2.62. The molecule has 0 fully saturated rings. The molecule has 0 bridgehead atoms. The van der Waals surface area contributed by atoms with Crippen LogP contribution in [-0.4, -0.2) is 11.9 Å². The monoisotopic (exact) mass is 277 g/mol. The molecular weight excluding hydrogens is 264 g/mol. The number of rotatable bonds is 4. The number of benzene rings is 2. The second-order valence-corrected chi connectivity index (χ2v) is 4.66. The lowest BCUT2D eigenvalue weighted by Gasteiger charge is -2.14. The SMILES string of the molecule is C=CB(Oc1cccc2cccnc12)c1ccc(F)cc1. The molecule has 0 aliphatic heterocycles. The molecule has 0 saturated heterocycles. The van der Waals surface area contributed by atoms with E-state index in [1.807, 2.05) is 30.3 Å². The van der Waals surface area contributed by atoms with Crippen LogP contribution in [0.3, 0.4) is 0 Å². The molecule has 0 aliphatic rings. The van der Waals surface area contributed by atoms with E-state index in [4.69, 9.17) is 4.65 Å². The predicted molar refractivity (Wildman–Crippen MR) is 84.4 cm³/mol. The van der Waals surface area contributed by atoms with E-state index in [1.165, 1.54) is 12.1 Å². The van der Waals surface area contributed by atoms with E-state index in [1.54, 1.807) is 24.3 Å². The fourth-order valence-electron chi connectivity index (χ4n) is 2.21. The zero-order valence-corrected chi connectivity index (χ0v) is 11.4. The molecule has 1 aromatic heterocycles. The summed E-state index contributed by atoms with van der Waals surface area (Å²) >= 11 is 0. The van der Waals surface area contributed by atoms with Crippen molar-refractivity contribution in [1.29, 1.82) is 0 Å². The molecule has 2 nitrogen and oxygen atoms in total. The van der Waals surface area contributed by atoms with E-state index in [2.05, 4.69) is 11.6 Å². The third-order valence-electron chi connectivity index (χ3n) is 3.26. The number of aromatic nitrogens is 1. The van der Waals surface area contributed by atoms with E-state index in [0.29, 0.717) is 5.75 Å². The van der Waals surface area contributed by atoms with Crippen LogP contribution in [0, 0.1) is 5.82 Å². The van der Waals surface area contributed by atoms with Crippen LogP contribution in [0.5, 0.6) is 5.75 Å². The Bertz CT molecular complexity index is 768. The summed E-state index contributed by atoms with van der Waals surface area (Å²) < 4.78 is 19.0. The summed E-state index contributed by atoms with van der Waals surface area (Å²) in [5.74, 6) is 2.10. The van der Waals surface area contributed by atoms with Gasteiger partial charge in [-0.15, -0.1) is 6.58 Å². The molecule has 0 aliphatic carbocycles. The van der Waals surface area contributed by atoms with Crippen molar-refractivity contribution in [2.75, 3.05) is 0 Å². The molecule has 0 spiro atoms. The van der Waals surface area contributed by atoms with Gasteiger partial charge in [0.1, 0.15) is 17.1 Å². The van der Waals surface area contributed by atoms with Gasteiger partial charge in [0.25, 0.3) is 0 Å². The van der Waals surface area contributed by atoms with Crippen molar-refractivity contribution < 1.29 is 9.04 Å². The Morgan fingerprint density at radius 1 is 1.05 bits per heavy atom. The van der Waals surface area contributed by atoms with Gasteiger partial charge in [0.2, 0.25) is 0 Å². The minimum atomic E-state index is -0.349. The molecule has 0 radical (unpaired) electrons. The van der Waals surface area contributed by atoms with Gasteiger partial charge < -0.3 is 4.65 Å². The van der Waals surface area contributed by atoms with Crippen LogP contribution >= 0.6 is 0 Å². The van der Waals surface area contributed by atoms with E-state index < -0.39 is 0 Å². The van der Waals surface area contributed by atoms with Gasteiger partial charge in [-0.25, -0.2) is 4.39 Å². The molecule has 0 N–H and O–H groups in total. The van der Waals surface area contributed by atoms with Crippen molar-refractivity contribution in [1.82, 2.24) is 4.98 Å². The highest BCUT2D eigenvalue weighted by atomic mass is 19.1. The molecule has 4 heteroatoms. The quantitative estimate of drug-likeness (QED) is 0.682. The fourth-order valence-corrected chi connectivity index (χ4v) is 2.21. The van der Waals surface area contributed by atoms with Crippen LogP contribution < -0.4 is 10.1 Å². The molecule has 0 atom stereocenters. The maximum Gasteiger partial charge on any atom is 0.418 e. The molecule has 0 saturated carbocycles. The highest BCUT2D eigenvalue weighted by Gasteiger charge is 2.18. The number of nitrogens with zero attached hydrogens (tertiary/aromatic N) is 1. The van der Waals surface area contributed by atoms with E-state index in [-0.39, 0.29) is 12.7 Å². The molecule has 3 rings (SSSR count). The minimum absolute atomic E-state index is 0.270. The van der Waals surface area contributed by atoms with Crippen molar-refractivity contribution in [2.24, 2.45) is 0 Å². The van der Waals surface area contributed by atoms with Gasteiger partial charge in [-0.1, -0.05) is 36.3 Å². The Kier molecular flexibility index (Phi) is 3.69. The summed E-state index contributed by atoms with van der Waals surface area (Å²) in [7, 11) is 0. The molecule has 21 heavy (non-hydrogen) atoms. The second kappa shape index (κ2) is 5.79. The highest BCUT2D eigenvalue weighted by molar-refractivity contribution is 6.72. The molecule has 1 heterocycles. The Morgan fingerprint density at radius 2 is 1.81 bits per heavy atom. The summed E-state index contributed by atoms with van der Waals surface area (Å²) in [6, 6.07) is 15.9. The lowest BCUT2D eigenvalue weighted by molar-refractivity contribution is 0.596. The standard InChI is InChI=1S/C17H13BFNO/c1-2-18(14-8-10-15(19)11-9-14)21-16-7-3-5-13-6-4-12-20-17(13)16/h2-12H,1H2. The van der Waals surface area contributed by atoms with Crippen molar-refractivity contribution in [3.8, 4) is 5.75 Å². The summed E-state index contributed by atoms with van der Waals surface area (Å²) in [5.41, 5.74) is 1.65. The van der Waals surface area contributed by atoms with Crippen LogP contribution in [0.15, 0.2) is 73.3 Å². The van der Waals surface area contributed by atoms with E-state index in [9.17, 15) is 4.39 Å². The first kappa shape index (κ1) is 13.4. The average molecular weight is 277 g/mol. The number of halogens is 1. The fraction of sp³-hybridized carbons (Fsp3) is 0. The summed E-state index contributed by atoms with van der Waals surface area (Å²) in [5, 5.41) is 1.01. The topological polar surface area (TPSA) is 22.1 Å². The third-order valence-corrected chi connectivity index (χ3v) is 3.26. The van der Waals surface area contributed by atoms with Crippen LogP contribution in [0.4, 0.5) is 4.39 Å². The van der Waals surface area contributed by atoms with Gasteiger partial charge in [-0.05, 0) is 29.7 Å². The molecule has 102 valence electrons. The third kappa shape index (κ3) is 2.79. The smallest absolute Gasteiger partial charge is 0.418 e. The summed E-state index contributed by atoms with van der Waals surface area (Å²) in [6.45, 7) is 3.45. The zero-order chi connectivity index (χ0) is 14.7. The molecule has 2 aromatic carbocycles. The molecule has 3 aromatic rings. The van der Waals surface area contributed by atoms with Crippen molar-refractivity contribution in [2.45, 2.75) is 0 Å². The first-order chi connectivity index (χ1) is 10.3.